The topological polar surface area (TPSA) is 107 Å². The van der Waals surface area contributed by atoms with E-state index in [-0.39, 0.29) is 10.1 Å². The van der Waals surface area contributed by atoms with E-state index >= 15 is 0 Å². The van der Waals surface area contributed by atoms with Gasteiger partial charge in [0.05, 0.1) is 31.4 Å². The van der Waals surface area contributed by atoms with Gasteiger partial charge in [0.1, 0.15) is 10.7 Å². The van der Waals surface area contributed by atoms with Crippen molar-refractivity contribution in [3.8, 4) is 28.6 Å². The minimum absolute atomic E-state index is 0.0164. The van der Waals surface area contributed by atoms with Crippen molar-refractivity contribution in [3.05, 3.63) is 50.8 Å². The number of methoxy groups -OCH3 is 2. The standard InChI is InChI=1S/C21H19Cl2N3O5S/c1-4-31-16-8-11(7-14(23)18(16)30-3)9-17(20(27)28)32-21-24-19(25-26-21)13-10-12(22)5-6-15(13)29-2/h5-10H,4H2,1-3H3,(H,27,28)(H,24,25,26)/b17-9-. The summed E-state index contributed by atoms with van der Waals surface area (Å²) in [6, 6.07) is 8.32. The molecule has 0 unspecified atom stereocenters. The van der Waals surface area contributed by atoms with Gasteiger partial charge < -0.3 is 19.3 Å². The van der Waals surface area contributed by atoms with Gasteiger partial charge in [-0.05, 0) is 60.7 Å². The Balaban J connectivity index is 1.93. The summed E-state index contributed by atoms with van der Waals surface area (Å²) in [5.41, 5.74) is 1.12. The summed E-state index contributed by atoms with van der Waals surface area (Å²) < 4.78 is 16.1. The molecule has 168 valence electrons. The maximum Gasteiger partial charge on any atom is 0.342 e. The van der Waals surface area contributed by atoms with Gasteiger partial charge in [0.25, 0.3) is 0 Å². The summed E-state index contributed by atoms with van der Waals surface area (Å²) in [6.45, 7) is 2.22. The zero-order valence-corrected chi connectivity index (χ0v) is 19.6. The van der Waals surface area contributed by atoms with Gasteiger partial charge in [-0.1, -0.05) is 23.2 Å². The third-order valence-corrected chi connectivity index (χ3v) is 5.52. The molecule has 11 heteroatoms. The smallest absolute Gasteiger partial charge is 0.342 e. The molecule has 0 saturated carbocycles. The van der Waals surface area contributed by atoms with Gasteiger partial charge >= 0.3 is 5.97 Å². The Morgan fingerprint density at radius 2 is 1.97 bits per heavy atom. The first-order valence-corrected chi connectivity index (χ1v) is 10.8. The highest BCUT2D eigenvalue weighted by molar-refractivity contribution is 8.04. The normalized spacial score (nSPS) is 11.3. The highest BCUT2D eigenvalue weighted by Crippen LogP contribution is 2.38. The Hall–Kier alpha value is -2.88. The summed E-state index contributed by atoms with van der Waals surface area (Å²) in [7, 11) is 3.01. The predicted octanol–water partition coefficient (Wildman–Crippen LogP) is 5.41. The van der Waals surface area contributed by atoms with Crippen molar-refractivity contribution in [2.45, 2.75) is 12.1 Å². The van der Waals surface area contributed by atoms with Crippen LogP contribution in [0.25, 0.3) is 17.5 Å². The van der Waals surface area contributed by atoms with Gasteiger partial charge in [-0.15, -0.1) is 5.10 Å². The van der Waals surface area contributed by atoms with E-state index in [1.165, 1.54) is 20.3 Å². The summed E-state index contributed by atoms with van der Waals surface area (Å²) in [5.74, 6) is 0.586. The van der Waals surface area contributed by atoms with Crippen molar-refractivity contribution in [1.82, 2.24) is 15.2 Å². The quantitative estimate of drug-likeness (QED) is 0.299. The van der Waals surface area contributed by atoms with E-state index in [2.05, 4.69) is 15.2 Å². The number of aromatic amines is 1. The van der Waals surface area contributed by atoms with Crippen LogP contribution in [0.1, 0.15) is 12.5 Å². The lowest BCUT2D eigenvalue weighted by Crippen LogP contribution is -1.99. The second-order valence-electron chi connectivity index (χ2n) is 6.19. The molecule has 32 heavy (non-hydrogen) atoms. The molecule has 3 rings (SSSR count). The van der Waals surface area contributed by atoms with Crippen LogP contribution in [0.15, 0.2) is 40.4 Å². The lowest BCUT2D eigenvalue weighted by atomic mass is 10.2. The van der Waals surface area contributed by atoms with Gasteiger partial charge in [-0.25, -0.2) is 9.78 Å². The third kappa shape index (κ3) is 5.48. The van der Waals surface area contributed by atoms with Gasteiger partial charge in [-0.3, -0.25) is 5.10 Å². The predicted molar refractivity (Wildman–Crippen MR) is 124 cm³/mol. The molecule has 0 fully saturated rings. The van der Waals surface area contributed by atoms with Crippen molar-refractivity contribution in [2.75, 3.05) is 20.8 Å². The number of H-pyrrole nitrogens is 1. The number of thioether (sulfide) groups is 1. The number of nitrogens with zero attached hydrogens (tertiary/aromatic N) is 2. The fraction of sp³-hybridized carbons (Fsp3) is 0.190. The number of aliphatic carboxylic acids is 1. The van der Waals surface area contributed by atoms with Crippen molar-refractivity contribution in [1.29, 1.82) is 0 Å². The van der Waals surface area contributed by atoms with Gasteiger partial charge in [0.15, 0.2) is 17.3 Å². The summed E-state index contributed by atoms with van der Waals surface area (Å²) in [5, 5.41) is 17.6. The average molecular weight is 496 g/mol. The number of rotatable bonds is 9. The lowest BCUT2D eigenvalue weighted by Gasteiger charge is -2.12. The molecule has 0 spiro atoms. The molecule has 0 radical (unpaired) electrons. The van der Waals surface area contributed by atoms with Crippen molar-refractivity contribution >= 4 is 47.0 Å². The summed E-state index contributed by atoms with van der Waals surface area (Å²) in [6.07, 6.45) is 1.46. The molecule has 0 aliphatic heterocycles. The minimum Gasteiger partial charge on any atom is -0.496 e. The van der Waals surface area contributed by atoms with Crippen LogP contribution in [0, 0.1) is 0 Å². The molecule has 0 aliphatic carbocycles. The SMILES string of the molecule is CCOc1cc(/C=C(\Sc2n[nH]c(-c3cc(Cl)ccc3OC)n2)C(=O)O)cc(Cl)c1OC. The second kappa shape index (κ2) is 10.6. The van der Waals surface area contributed by atoms with Gasteiger partial charge in [-0.2, -0.15) is 0 Å². The number of benzene rings is 2. The first kappa shape index (κ1) is 23.8. The number of nitrogens with one attached hydrogen (secondary N) is 1. The molecule has 1 heterocycles. The van der Waals surface area contributed by atoms with Crippen LogP contribution in [-0.4, -0.2) is 47.1 Å². The number of carboxylic acid groups (broad SMARTS) is 1. The molecule has 0 saturated heterocycles. The van der Waals surface area contributed by atoms with Crippen molar-refractivity contribution in [3.63, 3.8) is 0 Å². The Morgan fingerprint density at radius 1 is 1.19 bits per heavy atom. The molecule has 1 aromatic heterocycles. The van der Waals surface area contributed by atoms with Crippen LogP contribution in [0.5, 0.6) is 17.2 Å². The highest BCUT2D eigenvalue weighted by atomic mass is 35.5. The Kier molecular flexibility index (Phi) is 7.89. The third-order valence-electron chi connectivity index (χ3n) is 4.13. The number of carbonyl (C=O) groups is 1. The number of hydrogen-bond acceptors (Lipinski definition) is 7. The summed E-state index contributed by atoms with van der Waals surface area (Å²) in [4.78, 5) is 16.2. The zero-order chi connectivity index (χ0) is 23.3. The molecule has 2 N–H and O–H groups in total. The molecular formula is C21H19Cl2N3O5S. The van der Waals surface area contributed by atoms with E-state index in [1.807, 2.05) is 6.92 Å². The first-order valence-electron chi connectivity index (χ1n) is 9.25. The minimum atomic E-state index is -1.15. The fourth-order valence-electron chi connectivity index (χ4n) is 2.79. The number of carboxylic acids is 1. The highest BCUT2D eigenvalue weighted by Gasteiger charge is 2.18. The van der Waals surface area contributed by atoms with Crippen molar-refractivity contribution in [2.24, 2.45) is 0 Å². The fourth-order valence-corrected chi connectivity index (χ4v) is 3.97. The molecule has 2 aromatic carbocycles. The summed E-state index contributed by atoms with van der Waals surface area (Å²) >= 11 is 13.2. The Labute approximate surface area is 198 Å². The Morgan fingerprint density at radius 3 is 2.62 bits per heavy atom. The van der Waals surface area contributed by atoms with Crippen LogP contribution < -0.4 is 14.2 Å². The maximum atomic E-state index is 11.9. The Bertz CT molecular complexity index is 1170. The van der Waals surface area contributed by atoms with Crippen molar-refractivity contribution < 1.29 is 24.1 Å². The van der Waals surface area contributed by atoms with Crippen LogP contribution in [0.3, 0.4) is 0 Å². The number of ether oxygens (including phenoxy) is 3. The van der Waals surface area contributed by atoms with E-state index in [4.69, 9.17) is 37.4 Å². The van der Waals surface area contributed by atoms with Gasteiger partial charge in [0, 0.05) is 5.02 Å². The molecule has 0 atom stereocenters. The first-order chi connectivity index (χ1) is 15.4. The largest absolute Gasteiger partial charge is 0.496 e. The van der Waals surface area contributed by atoms with E-state index in [0.29, 0.717) is 50.9 Å². The molecule has 8 nitrogen and oxygen atoms in total. The molecule has 3 aromatic rings. The van der Waals surface area contributed by atoms with Gasteiger partial charge in [0.2, 0.25) is 5.16 Å². The maximum absolute atomic E-state index is 11.9. The van der Waals surface area contributed by atoms with Crippen LogP contribution in [0.4, 0.5) is 0 Å². The van der Waals surface area contributed by atoms with Crippen LogP contribution in [0.2, 0.25) is 10.0 Å². The molecular weight excluding hydrogens is 477 g/mol. The second-order valence-corrected chi connectivity index (χ2v) is 8.05. The number of halogens is 2. The van der Waals surface area contributed by atoms with Crippen LogP contribution >= 0.6 is 35.0 Å². The zero-order valence-electron chi connectivity index (χ0n) is 17.3. The van der Waals surface area contributed by atoms with E-state index in [0.717, 1.165) is 11.8 Å². The average Bonchev–Trinajstić information content (AvgIpc) is 3.22. The number of hydrogen-bond donors (Lipinski definition) is 2. The van der Waals surface area contributed by atoms with Crippen LogP contribution in [-0.2, 0) is 4.79 Å². The van der Waals surface area contributed by atoms with E-state index < -0.39 is 5.97 Å². The molecule has 0 bridgehead atoms. The van der Waals surface area contributed by atoms with E-state index in [9.17, 15) is 9.90 Å². The lowest BCUT2D eigenvalue weighted by molar-refractivity contribution is -0.131. The molecule has 0 amide bonds. The molecule has 0 aliphatic rings. The van der Waals surface area contributed by atoms with E-state index in [1.54, 1.807) is 30.3 Å². The number of aromatic nitrogens is 3. The monoisotopic (exact) mass is 495 g/mol.